The number of halogens is 1. The van der Waals surface area contributed by atoms with Crippen molar-refractivity contribution >= 4 is 22.6 Å². The Hall–Kier alpha value is 0.690. The van der Waals surface area contributed by atoms with Crippen LogP contribution in [0, 0.1) is 17.3 Å². The molecule has 0 amide bonds. The van der Waals surface area contributed by atoms with Gasteiger partial charge in [0.25, 0.3) is 0 Å². The molecule has 1 aliphatic heterocycles. The molecule has 1 saturated heterocycles. The van der Waals surface area contributed by atoms with Gasteiger partial charge in [0.05, 0.1) is 0 Å². The van der Waals surface area contributed by atoms with E-state index >= 15 is 0 Å². The number of ether oxygens (including phenoxy) is 1. The van der Waals surface area contributed by atoms with Crippen molar-refractivity contribution in [3.05, 3.63) is 0 Å². The second-order valence-corrected chi connectivity index (χ2v) is 9.49. The van der Waals surface area contributed by atoms with Crippen molar-refractivity contribution in [2.45, 2.75) is 56.3 Å². The normalized spacial score (nSPS) is 44.2. The maximum absolute atomic E-state index is 5.68. The molecular formula is C14H25IO. The third-order valence-electron chi connectivity index (χ3n) is 4.41. The van der Waals surface area contributed by atoms with Crippen LogP contribution >= 0.6 is 22.6 Å². The number of hydrogen-bond acceptors (Lipinski definition) is 1. The quantitative estimate of drug-likeness (QED) is 0.470. The van der Waals surface area contributed by atoms with E-state index in [9.17, 15) is 0 Å². The predicted molar refractivity (Wildman–Crippen MR) is 77.1 cm³/mol. The van der Waals surface area contributed by atoms with Crippen molar-refractivity contribution in [3.63, 3.8) is 0 Å². The summed E-state index contributed by atoms with van der Waals surface area (Å²) >= 11 is 2.69. The molecule has 0 aromatic heterocycles. The van der Waals surface area contributed by atoms with Crippen molar-refractivity contribution in [3.8, 4) is 0 Å². The van der Waals surface area contributed by atoms with E-state index in [1.165, 1.54) is 32.1 Å². The molecule has 0 aromatic rings. The third-order valence-corrected chi connectivity index (χ3v) is 5.33. The van der Waals surface area contributed by atoms with Crippen molar-refractivity contribution in [2.24, 2.45) is 17.3 Å². The van der Waals surface area contributed by atoms with Crippen LogP contribution in [0.4, 0.5) is 0 Å². The first-order valence-electron chi connectivity index (χ1n) is 6.65. The Labute approximate surface area is 114 Å². The summed E-state index contributed by atoms with van der Waals surface area (Å²) in [5, 5.41) is 0. The Balaban J connectivity index is 2.08. The number of fused-ring (bicyclic) bond motifs is 1. The predicted octanol–water partition coefficient (Wildman–Crippen LogP) is 4.43. The molecular weight excluding hydrogens is 311 g/mol. The molecule has 2 rings (SSSR count). The van der Waals surface area contributed by atoms with Crippen LogP contribution in [0.3, 0.4) is 0 Å². The molecule has 1 heterocycles. The van der Waals surface area contributed by atoms with Gasteiger partial charge >= 0.3 is 0 Å². The molecule has 0 aromatic carbocycles. The second-order valence-electron chi connectivity index (χ2n) is 6.89. The van der Waals surface area contributed by atoms with E-state index in [1.54, 1.807) is 0 Å². The minimum atomic E-state index is 0.485. The zero-order valence-corrected chi connectivity index (χ0v) is 13.0. The Morgan fingerprint density at radius 1 is 1.00 bits per heavy atom. The first-order chi connectivity index (χ1) is 7.38. The van der Waals surface area contributed by atoms with Gasteiger partial charge in [-0.1, -0.05) is 43.4 Å². The van der Waals surface area contributed by atoms with Crippen LogP contribution in [0.5, 0.6) is 0 Å². The van der Waals surface area contributed by atoms with Gasteiger partial charge in [0.2, 0.25) is 0 Å². The molecule has 2 heteroatoms. The van der Waals surface area contributed by atoms with Gasteiger partial charge in [0, 0.05) is 16.6 Å². The topological polar surface area (TPSA) is 9.23 Å². The van der Waals surface area contributed by atoms with Crippen LogP contribution in [0.1, 0.15) is 52.9 Å². The van der Waals surface area contributed by atoms with Crippen molar-refractivity contribution in [2.75, 3.05) is 13.2 Å². The molecule has 16 heavy (non-hydrogen) atoms. The summed E-state index contributed by atoms with van der Waals surface area (Å²) in [6.07, 6.45) is 6.85. The van der Waals surface area contributed by atoms with Gasteiger partial charge < -0.3 is 4.74 Å². The Kier molecular flexibility index (Phi) is 3.90. The van der Waals surface area contributed by atoms with E-state index in [-0.39, 0.29) is 0 Å². The van der Waals surface area contributed by atoms with E-state index in [4.69, 9.17) is 4.74 Å². The fraction of sp³-hybridized carbons (Fsp3) is 1.00. The van der Waals surface area contributed by atoms with E-state index in [0.29, 0.717) is 8.84 Å². The van der Waals surface area contributed by atoms with Gasteiger partial charge in [-0.3, -0.25) is 0 Å². The van der Waals surface area contributed by atoms with Gasteiger partial charge in [-0.2, -0.15) is 0 Å². The summed E-state index contributed by atoms with van der Waals surface area (Å²) in [4.78, 5) is 0. The molecule has 2 aliphatic rings. The van der Waals surface area contributed by atoms with Crippen molar-refractivity contribution in [1.82, 2.24) is 0 Å². The highest BCUT2D eigenvalue weighted by Crippen LogP contribution is 2.45. The Bertz CT molecular complexity index is 223. The van der Waals surface area contributed by atoms with Crippen LogP contribution < -0.4 is 0 Å². The highest BCUT2D eigenvalue weighted by Gasteiger charge is 2.37. The Morgan fingerprint density at radius 2 is 1.56 bits per heavy atom. The minimum absolute atomic E-state index is 0.485. The number of rotatable bonds is 0. The lowest BCUT2D eigenvalue weighted by atomic mass is 9.78. The van der Waals surface area contributed by atoms with Gasteiger partial charge in [-0.15, -0.1) is 0 Å². The fourth-order valence-corrected chi connectivity index (χ4v) is 4.86. The molecule has 3 atom stereocenters. The lowest BCUT2D eigenvalue weighted by molar-refractivity contribution is 0.171. The molecule has 0 radical (unpaired) electrons. The Morgan fingerprint density at radius 3 is 2.19 bits per heavy atom. The first-order valence-corrected chi connectivity index (χ1v) is 7.73. The highest BCUT2D eigenvalue weighted by atomic mass is 127. The van der Waals surface area contributed by atoms with Gasteiger partial charge in [-0.25, -0.2) is 0 Å². The van der Waals surface area contributed by atoms with Crippen LogP contribution in [0.15, 0.2) is 0 Å². The second kappa shape index (κ2) is 4.75. The van der Waals surface area contributed by atoms with Crippen LogP contribution in [0.2, 0.25) is 0 Å². The maximum Gasteiger partial charge on any atom is 0.0497 e. The van der Waals surface area contributed by atoms with Crippen molar-refractivity contribution in [1.29, 1.82) is 0 Å². The molecule has 1 aliphatic carbocycles. The number of alkyl halides is 1. The van der Waals surface area contributed by atoms with Crippen LogP contribution in [-0.4, -0.2) is 16.6 Å². The third kappa shape index (κ3) is 3.34. The minimum Gasteiger partial charge on any atom is -0.381 e. The first kappa shape index (κ1) is 13.1. The van der Waals surface area contributed by atoms with Crippen LogP contribution in [-0.2, 0) is 4.74 Å². The molecule has 0 N–H and O–H groups in total. The van der Waals surface area contributed by atoms with Gasteiger partial charge in [0.15, 0.2) is 0 Å². The molecule has 0 spiro atoms. The SMILES string of the molecule is CC1(C)CCC2COCC2CCC(C)(I)C1. The standard InChI is InChI=1S/C14H25IO/c1-13(2)6-4-11-8-16-9-12(11)5-7-14(3,15)10-13/h11-12H,4-10H2,1-3H3. The molecule has 1 saturated carbocycles. The highest BCUT2D eigenvalue weighted by molar-refractivity contribution is 14.1. The zero-order chi connectivity index (χ0) is 11.8. The van der Waals surface area contributed by atoms with E-state index in [0.717, 1.165) is 25.0 Å². The van der Waals surface area contributed by atoms with Gasteiger partial charge in [0.1, 0.15) is 0 Å². The zero-order valence-electron chi connectivity index (χ0n) is 10.9. The lowest BCUT2D eigenvalue weighted by Crippen LogP contribution is -2.25. The van der Waals surface area contributed by atoms with E-state index in [1.807, 2.05) is 0 Å². The summed E-state index contributed by atoms with van der Waals surface area (Å²) in [6, 6.07) is 0. The summed E-state index contributed by atoms with van der Waals surface area (Å²) in [6.45, 7) is 9.38. The van der Waals surface area contributed by atoms with E-state index < -0.39 is 0 Å². The smallest absolute Gasteiger partial charge is 0.0497 e. The molecule has 94 valence electrons. The number of hydrogen-bond donors (Lipinski definition) is 0. The summed E-state index contributed by atoms with van der Waals surface area (Å²) in [5.74, 6) is 1.70. The van der Waals surface area contributed by atoms with Crippen molar-refractivity contribution < 1.29 is 4.74 Å². The van der Waals surface area contributed by atoms with E-state index in [2.05, 4.69) is 43.4 Å². The molecule has 0 bridgehead atoms. The molecule has 2 fully saturated rings. The molecule has 3 unspecified atom stereocenters. The van der Waals surface area contributed by atoms with Gasteiger partial charge in [-0.05, 0) is 49.4 Å². The fourth-order valence-electron chi connectivity index (χ4n) is 3.52. The monoisotopic (exact) mass is 336 g/mol. The maximum atomic E-state index is 5.68. The average Bonchev–Trinajstić information content (AvgIpc) is 2.57. The molecule has 1 nitrogen and oxygen atoms in total. The lowest BCUT2D eigenvalue weighted by Gasteiger charge is -2.33. The summed E-state index contributed by atoms with van der Waals surface area (Å²) < 4.78 is 6.16. The summed E-state index contributed by atoms with van der Waals surface area (Å²) in [5.41, 5.74) is 0.507. The average molecular weight is 336 g/mol. The largest absolute Gasteiger partial charge is 0.381 e. The summed E-state index contributed by atoms with van der Waals surface area (Å²) in [7, 11) is 0. The van der Waals surface area contributed by atoms with Crippen LogP contribution in [0.25, 0.3) is 0 Å².